The van der Waals surface area contributed by atoms with Crippen LogP contribution in [0.15, 0.2) is 0 Å². The van der Waals surface area contributed by atoms with Crippen molar-refractivity contribution in [2.45, 2.75) is 0 Å². The van der Waals surface area contributed by atoms with Gasteiger partial charge in [-0.3, -0.25) is 4.46 Å². The maximum absolute atomic E-state index is 8.74. The Bertz CT molecular complexity index is 37.9. The molecule has 0 unspecified atom stereocenters. The minimum Gasteiger partial charge on any atom is -0.511 e. The third-order valence-corrected chi connectivity index (χ3v) is 0. The van der Waals surface area contributed by atoms with E-state index in [0.717, 1.165) is 0 Å². The van der Waals surface area contributed by atoms with Crippen LogP contribution >= 0.6 is 0 Å². The van der Waals surface area contributed by atoms with Crippen molar-refractivity contribution in [2.24, 2.45) is 0 Å². The predicted molar refractivity (Wildman–Crippen MR) is 10.9 cm³/mol. The SMILES string of the molecule is O=[Si](O)O.[Cr].[Fe].[Zn]. The van der Waals surface area contributed by atoms with Crippen molar-refractivity contribution < 1.29 is 68.0 Å². The van der Waals surface area contributed by atoms with Crippen LogP contribution in [0.4, 0.5) is 0 Å². The van der Waals surface area contributed by atoms with E-state index in [0.29, 0.717) is 0 Å². The fraction of sp³-hybridized carbons (Fsp3) is 0. The summed E-state index contributed by atoms with van der Waals surface area (Å²) in [5.74, 6) is 0. The fourth-order valence-electron chi connectivity index (χ4n) is 0. The second-order valence-electron chi connectivity index (χ2n) is 0.283. The zero-order valence-corrected chi connectivity index (χ0v) is 9.62. The van der Waals surface area contributed by atoms with Crippen molar-refractivity contribution in [2.75, 3.05) is 0 Å². The summed E-state index contributed by atoms with van der Waals surface area (Å²) < 4.78 is 8.74. The van der Waals surface area contributed by atoms with Crippen LogP contribution in [-0.2, 0) is 58.4 Å². The summed E-state index contributed by atoms with van der Waals surface area (Å²) in [6.07, 6.45) is 0. The molecule has 0 aliphatic heterocycles. The first kappa shape index (κ1) is 23.9. The molecule has 40 valence electrons. The average Bonchev–Trinajstić information content (AvgIpc) is 0.811. The molecule has 0 aromatic rings. The Hall–Kier alpha value is 1.29. The first-order valence-electron chi connectivity index (χ1n) is 0.651. The van der Waals surface area contributed by atoms with Gasteiger partial charge >= 0.3 is 9.17 Å². The average molecular weight is 251 g/mol. The molecule has 0 aliphatic rings. The third-order valence-electron chi connectivity index (χ3n) is 0. The minimum atomic E-state index is -3.13. The van der Waals surface area contributed by atoms with Gasteiger partial charge in [-0.1, -0.05) is 0 Å². The Morgan fingerprint density at radius 2 is 1.29 bits per heavy atom. The molecule has 0 bridgehead atoms. The van der Waals surface area contributed by atoms with Crippen molar-refractivity contribution in [3.8, 4) is 0 Å². The Kier molecular flexibility index (Phi) is 53.6. The smallest absolute Gasteiger partial charge is 0.511 e. The van der Waals surface area contributed by atoms with E-state index < -0.39 is 9.17 Å². The van der Waals surface area contributed by atoms with Crippen LogP contribution in [0.5, 0.6) is 0 Å². The van der Waals surface area contributed by atoms with E-state index in [1.54, 1.807) is 0 Å². The zero-order chi connectivity index (χ0) is 3.58. The van der Waals surface area contributed by atoms with Crippen molar-refractivity contribution >= 4 is 9.17 Å². The Balaban J connectivity index is -0.0000000150. The second-order valence-corrected chi connectivity index (χ2v) is 0.848. The van der Waals surface area contributed by atoms with Gasteiger partial charge in [0, 0.05) is 53.9 Å². The van der Waals surface area contributed by atoms with Gasteiger partial charge in [0.15, 0.2) is 0 Å². The van der Waals surface area contributed by atoms with E-state index in [2.05, 4.69) is 0 Å². The molecular weight excluding hydrogens is 249 g/mol. The normalized spacial score (nSPS) is 3.43. The largest absolute Gasteiger partial charge is 0.761 e. The third kappa shape index (κ3) is 122. The molecule has 0 aliphatic carbocycles. The summed E-state index contributed by atoms with van der Waals surface area (Å²) in [5, 5.41) is 0. The summed E-state index contributed by atoms with van der Waals surface area (Å²) in [4.78, 5) is 14.3. The van der Waals surface area contributed by atoms with Crippen LogP contribution in [0.3, 0.4) is 0 Å². The van der Waals surface area contributed by atoms with Crippen molar-refractivity contribution in [1.29, 1.82) is 0 Å². The van der Waals surface area contributed by atoms with Gasteiger partial charge in [0.2, 0.25) is 0 Å². The molecule has 0 amide bonds. The van der Waals surface area contributed by atoms with E-state index >= 15 is 0 Å². The summed E-state index contributed by atoms with van der Waals surface area (Å²) in [6.45, 7) is 0. The Morgan fingerprint density at radius 1 is 1.29 bits per heavy atom. The van der Waals surface area contributed by atoms with Crippen LogP contribution < -0.4 is 0 Å². The van der Waals surface area contributed by atoms with Gasteiger partial charge in [0.05, 0.1) is 0 Å². The molecule has 2 N–H and O–H groups in total. The Labute approximate surface area is 76.8 Å². The van der Waals surface area contributed by atoms with E-state index in [1.165, 1.54) is 0 Å². The van der Waals surface area contributed by atoms with Crippen LogP contribution in [0.2, 0.25) is 0 Å². The van der Waals surface area contributed by atoms with E-state index in [9.17, 15) is 0 Å². The molecular formula is H2CrFeO3SiZn. The summed E-state index contributed by atoms with van der Waals surface area (Å²) >= 11 is 0. The van der Waals surface area contributed by atoms with Gasteiger partial charge in [-0.05, 0) is 0 Å². The molecule has 0 aromatic carbocycles. The number of hydrogen-bond donors (Lipinski definition) is 2. The van der Waals surface area contributed by atoms with Crippen molar-refractivity contribution in [1.82, 2.24) is 0 Å². The van der Waals surface area contributed by atoms with Crippen LogP contribution in [0, 0.1) is 0 Å². The predicted octanol–water partition coefficient (Wildman–Crippen LogP) is -1.62. The number of rotatable bonds is 0. The van der Waals surface area contributed by atoms with Crippen LogP contribution in [0.25, 0.3) is 0 Å². The fourth-order valence-corrected chi connectivity index (χ4v) is 0. The molecule has 0 fully saturated rings. The summed E-state index contributed by atoms with van der Waals surface area (Å²) in [5.41, 5.74) is 0. The molecule has 0 radical (unpaired) electrons. The first-order valence-corrected chi connectivity index (χ1v) is 1.95. The standard InChI is InChI=1S/Cr.Fe.H2O3Si.Zn/c;;1-4(2)3;/h;;1-2H;. The molecule has 7 heavy (non-hydrogen) atoms. The maximum Gasteiger partial charge on any atom is 0.761 e. The van der Waals surface area contributed by atoms with E-state index in [-0.39, 0.29) is 53.9 Å². The Morgan fingerprint density at radius 3 is 1.29 bits per heavy atom. The molecule has 0 aromatic heterocycles. The molecule has 0 heterocycles. The van der Waals surface area contributed by atoms with Gasteiger partial charge in [0.1, 0.15) is 0 Å². The molecule has 0 spiro atoms. The molecule has 3 nitrogen and oxygen atoms in total. The van der Waals surface area contributed by atoms with Crippen molar-refractivity contribution in [3.05, 3.63) is 0 Å². The van der Waals surface area contributed by atoms with Gasteiger partial charge in [0.25, 0.3) is 0 Å². The monoisotopic (exact) mass is 250 g/mol. The molecule has 0 atom stereocenters. The maximum atomic E-state index is 8.74. The molecule has 0 rings (SSSR count). The second kappa shape index (κ2) is 15.7. The van der Waals surface area contributed by atoms with Gasteiger partial charge < -0.3 is 9.59 Å². The van der Waals surface area contributed by atoms with E-state index in [4.69, 9.17) is 14.1 Å². The van der Waals surface area contributed by atoms with E-state index in [1.807, 2.05) is 0 Å². The van der Waals surface area contributed by atoms with Gasteiger partial charge in [-0.15, -0.1) is 0 Å². The molecule has 7 heteroatoms. The first-order chi connectivity index (χ1) is 1.73. The van der Waals surface area contributed by atoms with Crippen LogP contribution in [0.1, 0.15) is 0 Å². The molecule has 0 saturated carbocycles. The summed E-state index contributed by atoms with van der Waals surface area (Å²) in [6, 6.07) is 0. The zero-order valence-electron chi connectivity index (χ0n) is 3.27. The van der Waals surface area contributed by atoms with Gasteiger partial charge in [-0.25, -0.2) is 0 Å². The summed E-state index contributed by atoms with van der Waals surface area (Å²) in [7, 11) is -3.13. The van der Waals surface area contributed by atoms with Crippen molar-refractivity contribution in [3.63, 3.8) is 0 Å². The minimum absolute atomic E-state index is 0. The quantitative estimate of drug-likeness (QED) is 0.509. The molecule has 0 saturated heterocycles. The van der Waals surface area contributed by atoms with Crippen LogP contribution in [-0.4, -0.2) is 18.8 Å². The van der Waals surface area contributed by atoms with Gasteiger partial charge in [-0.2, -0.15) is 0 Å². The topological polar surface area (TPSA) is 57.5 Å². The number of hydrogen-bond acceptors (Lipinski definition) is 1.